The fourth-order valence-electron chi connectivity index (χ4n) is 1.52. The van der Waals surface area contributed by atoms with Crippen molar-refractivity contribution in [3.05, 3.63) is 34.9 Å². The Kier molecular flexibility index (Phi) is 4.33. The number of hydrogen-bond donors (Lipinski definition) is 2. The maximum atomic E-state index is 10.9. The third-order valence-electron chi connectivity index (χ3n) is 2.56. The lowest BCUT2D eigenvalue weighted by molar-refractivity contribution is -0.140. The van der Waals surface area contributed by atoms with Gasteiger partial charge in [0.2, 0.25) is 0 Å². The molecule has 0 amide bonds. The maximum absolute atomic E-state index is 10.9. The van der Waals surface area contributed by atoms with Crippen molar-refractivity contribution in [2.45, 2.75) is 25.2 Å². The quantitative estimate of drug-likeness (QED) is 0.836. The number of benzene rings is 1. The Hall–Kier alpha value is -1.06. The van der Waals surface area contributed by atoms with Crippen LogP contribution in [0.5, 0.6) is 0 Å². The number of carboxylic acid groups (broad SMARTS) is 1. The minimum absolute atomic E-state index is 0.607. The van der Waals surface area contributed by atoms with Crippen LogP contribution in [0, 0.1) is 0 Å². The lowest BCUT2D eigenvalue weighted by atomic mass is 9.96. The Balaban J connectivity index is 0.000000386. The second-order valence-corrected chi connectivity index (χ2v) is 4.24. The Labute approximate surface area is 100 Å². The normalized spacial score (nSPS) is 15.9. The molecule has 0 aromatic heterocycles. The average Bonchev–Trinajstić information content (AvgIpc) is 3.01. The van der Waals surface area contributed by atoms with Crippen LogP contribution in [-0.4, -0.2) is 17.6 Å². The molecule has 4 heteroatoms. The van der Waals surface area contributed by atoms with Crippen LogP contribution < -0.4 is 5.73 Å². The van der Waals surface area contributed by atoms with Gasteiger partial charge < -0.3 is 10.8 Å². The predicted molar refractivity (Wildman–Crippen MR) is 64.7 cm³/mol. The smallest absolute Gasteiger partial charge is 0.314 e. The van der Waals surface area contributed by atoms with E-state index in [-0.39, 0.29) is 0 Å². The molecule has 0 unspecified atom stereocenters. The highest BCUT2D eigenvalue weighted by atomic mass is 35.5. The summed E-state index contributed by atoms with van der Waals surface area (Å²) < 4.78 is 0. The number of hydrogen-bond acceptors (Lipinski definition) is 2. The lowest BCUT2D eigenvalue weighted by Gasteiger charge is -2.09. The Morgan fingerprint density at radius 3 is 2.19 bits per heavy atom. The Bertz CT molecular complexity index is 358. The van der Waals surface area contributed by atoms with Gasteiger partial charge in [0, 0.05) is 5.02 Å². The van der Waals surface area contributed by atoms with Crippen molar-refractivity contribution < 1.29 is 9.90 Å². The third kappa shape index (κ3) is 2.74. The van der Waals surface area contributed by atoms with E-state index >= 15 is 0 Å². The van der Waals surface area contributed by atoms with Crippen molar-refractivity contribution in [3.63, 3.8) is 0 Å². The molecule has 1 aromatic carbocycles. The first-order valence-corrected chi connectivity index (χ1v) is 5.64. The molecule has 0 saturated heterocycles. The van der Waals surface area contributed by atoms with Crippen molar-refractivity contribution in [1.29, 1.82) is 0 Å². The van der Waals surface area contributed by atoms with Gasteiger partial charge in [-0.25, -0.2) is 0 Å². The van der Waals surface area contributed by atoms with Gasteiger partial charge in [-0.15, -0.1) is 0 Å². The van der Waals surface area contributed by atoms with Gasteiger partial charge in [-0.1, -0.05) is 30.7 Å². The molecule has 0 spiro atoms. The molecule has 1 aromatic rings. The Morgan fingerprint density at radius 2 is 1.88 bits per heavy atom. The van der Waals surface area contributed by atoms with Crippen LogP contribution in [-0.2, 0) is 10.2 Å². The van der Waals surface area contributed by atoms with Gasteiger partial charge in [0.15, 0.2) is 0 Å². The van der Waals surface area contributed by atoms with Crippen molar-refractivity contribution in [3.8, 4) is 0 Å². The first kappa shape index (κ1) is 13.0. The largest absolute Gasteiger partial charge is 0.481 e. The van der Waals surface area contributed by atoms with Crippen LogP contribution in [0.1, 0.15) is 25.3 Å². The summed E-state index contributed by atoms with van der Waals surface area (Å²) in [4.78, 5) is 10.9. The Morgan fingerprint density at radius 1 is 1.44 bits per heavy atom. The van der Waals surface area contributed by atoms with Crippen LogP contribution in [0.2, 0.25) is 5.02 Å². The van der Waals surface area contributed by atoms with Crippen LogP contribution in [0.4, 0.5) is 0 Å². The van der Waals surface area contributed by atoms with E-state index in [4.69, 9.17) is 22.4 Å². The third-order valence-corrected chi connectivity index (χ3v) is 2.81. The zero-order chi connectivity index (χ0) is 12.2. The topological polar surface area (TPSA) is 63.3 Å². The first-order valence-electron chi connectivity index (χ1n) is 5.26. The molecular weight excluding hydrogens is 226 g/mol. The van der Waals surface area contributed by atoms with E-state index in [1.165, 1.54) is 0 Å². The van der Waals surface area contributed by atoms with E-state index in [1.54, 1.807) is 24.3 Å². The number of rotatable bonds is 2. The minimum Gasteiger partial charge on any atom is -0.481 e. The van der Waals surface area contributed by atoms with Gasteiger partial charge >= 0.3 is 5.97 Å². The van der Waals surface area contributed by atoms with Crippen LogP contribution >= 0.6 is 11.6 Å². The number of carbonyl (C=O) groups is 1. The summed E-state index contributed by atoms with van der Waals surface area (Å²) in [5.74, 6) is -0.727. The number of nitrogens with two attached hydrogens (primary N) is 1. The lowest BCUT2D eigenvalue weighted by Crippen LogP contribution is -2.19. The van der Waals surface area contributed by atoms with Gasteiger partial charge in [-0.3, -0.25) is 4.79 Å². The van der Waals surface area contributed by atoms with Crippen molar-refractivity contribution in [2.24, 2.45) is 5.73 Å². The molecule has 2 rings (SSSR count). The van der Waals surface area contributed by atoms with Gasteiger partial charge in [0.25, 0.3) is 0 Å². The first-order chi connectivity index (χ1) is 7.56. The second kappa shape index (κ2) is 5.32. The molecule has 1 fully saturated rings. The van der Waals surface area contributed by atoms with Crippen molar-refractivity contribution in [2.75, 3.05) is 6.54 Å². The minimum atomic E-state index is -0.727. The summed E-state index contributed by atoms with van der Waals surface area (Å²) in [7, 11) is 0. The standard InChI is InChI=1S/C10H9ClO2.C2H7N/c11-8-3-1-7(2-4-8)10(5-6-10)9(12)13;1-2-3/h1-4H,5-6H2,(H,12,13);2-3H2,1H3. The summed E-state index contributed by atoms with van der Waals surface area (Å²) in [5.41, 5.74) is 5.11. The summed E-state index contributed by atoms with van der Waals surface area (Å²) in [6.07, 6.45) is 1.48. The molecule has 0 radical (unpaired) electrons. The van der Waals surface area contributed by atoms with Gasteiger partial charge in [-0.05, 0) is 37.1 Å². The van der Waals surface area contributed by atoms with Crippen molar-refractivity contribution >= 4 is 17.6 Å². The molecule has 1 aliphatic rings. The average molecular weight is 242 g/mol. The fourth-order valence-corrected chi connectivity index (χ4v) is 1.65. The van der Waals surface area contributed by atoms with Crippen LogP contribution in [0.3, 0.4) is 0 Å². The molecule has 0 aliphatic heterocycles. The molecule has 88 valence electrons. The molecule has 1 aliphatic carbocycles. The highest BCUT2D eigenvalue weighted by molar-refractivity contribution is 6.30. The summed E-state index contributed by atoms with van der Waals surface area (Å²) in [5, 5.41) is 9.64. The second-order valence-electron chi connectivity index (χ2n) is 3.80. The van der Waals surface area contributed by atoms with E-state index in [9.17, 15) is 4.79 Å². The van der Waals surface area contributed by atoms with E-state index in [1.807, 2.05) is 6.92 Å². The summed E-state index contributed by atoms with van der Waals surface area (Å²) >= 11 is 5.71. The highest BCUT2D eigenvalue weighted by Crippen LogP contribution is 2.48. The zero-order valence-electron chi connectivity index (χ0n) is 9.24. The molecule has 16 heavy (non-hydrogen) atoms. The van der Waals surface area contributed by atoms with Gasteiger partial charge in [0.05, 0.1) is 5.41 Å². The molecule has 0 heterocycles. The summed E-state index contributed by atoms with van der Waals surface area (Å²) in [6.45, 7) is 2.65. The van der Waals surface area contributed by atoms with Crippen LogP contribution in [0.25, 0.3) is 0 Å². The monoisotopic (exact) mass is 241 g/mol. The van der Waals surface area contributed by atoms with E-state index in [0.29, 0.717) is 5.02 Å². The van der Waals surface area contributed by atoms with Crippen molar-refractivity contribution in [1.82, 2.24) is 0 Å². The molecule has 0 atom stereocenters. The molecule has 1 saturated carbocycles. The number of carboxylic acids is 1. The number of halogens is 1. The zero-order valence-corrected chi connectivity index (χ0v) is 10.00. The van der Waals surface area contributed by atoms with Gasteiger partial charge in [-0.2, -0.15) is 0 Å². The molecule has 3 N–H and O–H groups in total. The summed E-state index contributed by atoms with van der Waals surface area (Å²) in [6, 6.07) is 7.06. The van der Waals surface area contributed by atoms with E-state index < -0.39 is 11.4 Å². The van der Waals surface area contributed by atoms with Gasteiger partial charge in [0.1, 0.15) is 0 Å². The molecule has 3 nitrogen and oxygen atoms in total. The van der Waals surface area contributed by atoms with E-state index in [0.717, 1.165) is 24.9 Å². The molecule has 0 bridgehead atoms. The number of aliphatic carboxylic acids is 1. The van der Waals surface area contributed by atoms with E-state index in [2.05, 4.69) is 0 Å². The molecular formula is C12H16ClNO2. The van der Waals surface area contributed by atoms with Crippen LogP contribution in [0.15, 0.2) is 24.3 Å². The maximum Gasteiger partial charge on any atom is 0.314 e. The predicted octanol–water partition coefficient (Wildman–Crippen LogP) is 2.42. The fraction of sp³-hybridized carbons (Fsp3) is 0.417. The highest BCUT2D eigenvalue weighted by Gasteiger charge is 2.51. The SMILES string of the molecule is CCN.O=C(O)C1(c2ccc(Cl)cc2)CC1.